The molecule has 0 heterocycles. The van der Waals surface area contributed by atoms with Gasteiger partial charge < -0.3 is 0 Å². The van der Waals surface area contributed by atoms with Crippen LogP contribution < -0.4 is 0 Å². The van der Waals surface area contributed by atoms with Crippen LogP contribution in [0.1, 0.15) is 11.1 Å². The van der Waals surface area contributed by atoms with Crippen LogP contribution in [0.4, 0.5) is 0 Å². The van der Waals surface area contributed by atoms with Crippen molar-refractivity contribution in [2.75, 3.05) is 6.26 Å². The zero-order chi connectivity index (χ0) is 13.4. The van der Waals surface area contributed by atoms with Crippen molar-refractivity contribution < 1.29 is 0 Å². The van der Waals surface area contributed by atoms with Crippen LogP contribution in [-0.4, -0.2) is 6.26 Å². The van der Waals surface area contributed by atoms with E-state index >= 15 is 0 Å². The number of benzene rings is 3. The van der Waals surface area contributed by atoms with E-state index in [1.54, 1.807) is 11.8 Å². The summed E-state index contributed by atoms with van der Waals surface area (Å²) in [6.45, 7) is 2.11. The van der Waals surface area contributed by atoms with Crippen molar-refractivity contribution in [2.45, 2.75) is 11.8 Å². The fraction of sp³-hybridized carbons (Fsp3) is 0.118. The maximum absolute atomic E-state index is 9.53. The van der Waals surface area contributed by atoms with Crippen molar-refractivity contribution in [2.24, 2.45) is 0 Å². The predicted octanol–water partition coefficient (Wildman–Crippen LogP) is 4.90. The van der Waals surface area contributed by atoms with Crippen LogP contribution in [0.2, 0.25) is 0 Å². The van der Waals surface area contributed by atoms with Crippen LogP contribution in [-0.2, 0) is 0 Å². The van der Waals surface area contributed by atoms with Crippen LogP contribution >= 0.6 is 11.8 Å². The number of aryl methyl sites for hydroxylation is 1. The van der Waals surface area contributed by atoms with Crippen LogP contribution in [0.15, 0.2) is 47.4 Å². The first-order valence-corrected chi connectivity index (χ1v) is 7.38. The molecule has 0 aliphatic carbocycles. The Morgan fingerprint density at radius 3 is 2.58 bits per heavy atom. The van der Waals surface area contributed by atoms with E-state index in [9.17, 15) is 5.26 Å². The van der Waals surface area contributed by atoms with E-state index in [1.165, 1.54) is 16.3 Å². The highest BCUT2D eigenvalue weighted by atomic mass is 32.2. The van der Waals surface area contributed by atoms with Crippen molar-refractivity contribution >= 4 is 33.3 Å². The van der Waals surface area contributed by atoms with Crippen molar-refractivity contribution in [3.63, 3.8) is 0 Å². The van der Waals surface area contributed by atoms with E-state index in [0.29, 0.717) is 0 Å². The second-order valence-corrected chi connectivity index (χ2v) is 5.44. The van der Waals surface area contributed by atoms with E-state index in [2.05, 4.69) is 43.3 Å². The molecule has 3 rings (SSSR count). The summed E-state index contributed by atoms with van der Waals surface area (Å²) in [5.74, 6) is 0. The highest BCUT2D eigenvalue weighted by Gasteiger charge is 2.12. The molecule has 3 aromatic carbocycles. The normalized spacial score (nSPS) is 10.8. The Labute approximate surface area is 116 Å². The Morgan fingerprint density at radius 2 is 1.84 bits per heavy atom. The zero-order valence-electron chi connectivity index (χ0n) is 10.9. The first-order valence-electron chi connectivity index (χ1n) is 6.15. The van der Waals surface area contributed by atoms with Gasteiger partial charge in [0.1, 0.15) is 6.07 Å². The molecule has 2 heteroatoms. The maximum atomic E-state index is 9.53. The number of hydrogen-bond acceptors (Lipinski definition) is 2. The number of nitrogens with zero attached hydrogens (tertiary/aromatic N) is 1. The lowest BCUT2D eigenvalue weighted by molar-refractivity contribution is 1.36. The topological polar surface area (TPSA) is 23.8 Å². The standard InChI is InChI=1S/C17H13NS/c1-11-9-16(19-2)15(10-18)17-13(11)8-7-12-5-3-4-6-14(12)17/h3-9H,1-2H3. The van der Waals surface area contributed by atoms with E-state index in [-0.39, 0.29) is 0 Å². The molecule has 0 N–H and O–H groups in total. The molecule has 0 aromatic heterocycles. The SMILES string of the molecule is CSc1cc(C)c2ccc3ccccc3c2c1C#N. The van der Waals surface area contributed by atoms with Gasteiger partial charge in [-0.05, 0) is 41.0 Å². The molecule has 0 saturated carbocycles. The molecule has 0 spiro atoms. The Hall–Kier alpha value is -1.98. The van der Waals surface area contributed by atoms with E-state index in [0.717, 1.165) is 21.2 Å². The Kier molecular flexibility index (Phi) is 2.93. The second kappa shape index (κ2) is 4.60. The number of hydrogen-bond donors (Lipinski definition) is 0. The average Bonchev–Trinajstić information content (AvgIpc) is 2.46. The minimum atomic E-state index is 0.796. The summed E-state index contributed by atoms with van der Waals surface area (Å²) in [4.78, 5) is 1.06. The van der Waals surface area contributed by atoms with Crippen molar-refractivity contribution in [3.8, 4) is 6.07 Å². The molecule has 0 saturated heterocycles. The Morgan fingerprint density at radius 1 is 1.05 bits per heavy atom. The summed E-state index contributed by atoms with van der Waals surface area (Å²) in [5, 5.41) is 14.1. The van der Waals surface area contributed by atoms with Gasteiger partial charge >= 0.3 is 0 Å². The summed E-state index contributed by atoms with van der Waals surface area (Å²) in [6.07, 6.45) is 2.02. The highest BCUT2D eigenvalue weighted by molar-refractivity contribution is 7.98. The summed E-state index contributed by atoms with van der Waals surface area (Å²) < 4.78 is 0. The molecule has 0 bridgehead atoms. The number of fused-ring (bicyclic) bond motifs is 3. The largest absolute Gasteiger partial charge is 0.192 e. The quantitative estimate of drug-likeness (QED) is 0.461. The average molecular weight is 263 g/mol. The summed E-state index contributed by atoms with van der Waals surface area (Å²) in [6, 6.07) is 17.0. The fourth-order valence-electron chi connectivity index (χ4n) is 2.61. The lowest BCUT2D eigenvalue weighted by atomic mass is 9.95. The van der Waals surface area contributed by atoms with Crippen molar-refractivity contribution in [3.05, 3.63) is 53.6 Å². The minimum Gasteiger partial charge on any atom is -0.192 e. The van der Waals surface area contributed by atoms with Crippen LogP contribution in [0.25, 0.3) is 21.5 Å². The number of nitriles is 1. The van der Waals surface area contributed by atoms with Gasteiger partial charge in [0.05, 0.1) is 5.56 Å². The number of rotatable bonds is 1. The molecule has 3 aromatic rings. The fourth-order valence-corrected chi connectivity index (χ4v) is 3.26. The van der Waals surface area contributed by atoms with Crippen molar-refractivity contribution in [1.82, 2.24) is 0 Å². The molecule has 0 unspecified atom stereocenters. The Balaban J connectivity index is 2.63. The predicted molar refractivity (Wildman–Crippen MR) is 82.7 cm³/mol. The summed E-state index contributed by atoms with van der Waals surface area (Å²) in [7, 11) is 0. The molecular weight excluding hydrogens is 250 g/mol. The third-order valence-corrected chi connectivity index (χ3v) is 4.29. The van der Waals surface area contributed by atoms with Gasteiger partial charge in [-0.25, -0.2) is 0 Å². The van der Waals surface area contributed by atoms with Gasteiger partial charge in [-0.15, -0.1) is 11.8 Å². The molecule has 0 amide bonds. The molecule has 0 aliphatic heterocycles. The summed E-state index contributed by atoms with van der Waals surface area (Å²) >= 11 is 1.64. The zero-order valence-corrected chi connectivity index (χ0v) is 11.7. The molecule has 1 nitrogen and oxygen atoms in total. The van der Waals surface area contributed by atoms with Gasteiger partial charge in [0.2, 0.25) is 0 Å². The lowest BCUT2D eigenvalue weighted by Gasteiger charge is -2.11. The van der Waals surface area contributed by atoms with Crippen LogP contribution in [0, 0.1) is 18.3 Å². The lowest BCUT2D eigenvalue weighted by Crippen LogP contribution is -1.89. The molecule has 92 valence electrons. The molecule has 0 fully saturated rings. The monoisotopic (exact) mass is 263 g/mol. The van der Waals surface area contributed by atoms with Gasteiger partial charge in [0.25, 0.3) is 0 Å². The first kappa shape index (κ1) is 12.1. The van der Waals surface area contributed by atoms with Gasteiger partial charge in [-0.3, -0.25) is 0 Å². The first-order chi connectivity index (χ1) is 9.26. The minimum absolute atomic E-state index is 0.796. The second-order valence-electron chi connectivity index (χ2n) is 4.59. The van der Waals surface area contributed by atoms with E-state index < -0.39 is 0 Å². The van der Waals surface area contributed by atoms with Gasteiger partial charge in [0, 0.05) is 10.3 Å². The molecule has 19 heavy (non-hydrogen) atoms. The van der Waals surface area contributed by atoms with Crippen LogP contribution in [0.5, 0.6) is 0 Å². The van der Waals surface area contributed by atoms with E-state index in [1.807, 2.05) is 18.4 Å². The Bertz CT molecular complexity index is 828. The van der Waals surface area contributed by atoms with Crippen LogP contribution in [0.3, 0.4) is 0 Å². The van der Waals surface area contributed by atoms with Gasteiger partial charge in [0.15, 0.2) is 0 Å². The third kappa shape index (κ3) is 1.78. The molecule has 0 atom stereocenters. The number of thioether (sulfide) groups is 1. The van der Waals surface area contributed by atoms with Gasteiger partial charge in [-0.2, -0.15) is 5.26 Å². The van der Waals surface area contributed by atoms with Gasteiger partial charge in [-0.1, -0.05) is 36.4 Å². The summed E-state index contributed by atoms with van der Waals surface area (Å²) in [5.41, 5.74) is 2.02. The smallest absolute Gasteiger partial charge is 0.101 e. The molecular formula is C17H13NS. The van der Waals surface area contributed by atoms with E-state index in [4.69, 9.17) is 0 Å². The molecule has 0 radical (unpaired) electrons. The third-order valence-electron chi connectivity index (χ3n) is 3.53. The maximum Gasteiger partial charge on any atom is 0.101 e. The highest BCUT2D eigenvalue weighted by Crippen LogP contribution is 2.35. The molecule has 0 aliphatic rings. The van der Waals surface area contributed by atoms with Crippen molar-refractivity contribution in [1.29, 1.82) is 5.26 Å².